The SMILES string of the molecule is Cc1cccc(NC(=O)c2csc(-c3cc4ccccc4n3C)n2)n1. The molecule has 6 heteroatoms. The number of pyridine rings is 1. The fourth-order valence-electron chi connectivity index (χ4n) is 2.78. The number of para-hydroxylation sites is 1. The summed E-state index contributed by atoms with van der Waals surface area (Å²) in [5, 5.41) is 6.55. The number of anilines is 1. The Hall–Kier alpha value is -2.99. The van der Waals surface area contributed by atoms with Crippen LogP contribution >= 0.6 is 11.3 Å². The van der Waals surface area contributed by atoms with Crippen molar-refractivity contribution in [1.29, 1.82) is 0 Å². The van der Waals surface area contributed by atoms with Gasteiger partial charge in [0.1, 0.15) is 16.5 Å². The first-order chi connectivity index (χ1) is 12.1. The van der Waals surface area contributed by atoms with Gasteiger partial charge in [0.2, 0.25) is 0 Å². The van der Waals surface area contributed by atoms with Gasteiger partial charge < -0.3 is 9.88 Å². The third-order valence-electron chi connectivity index (χ3n) is 4.04. The maximum absolute atomic E-state index is 12.4. The molecular weight excluding hydrogens is 332 g/mol. The fourth-order valence-corrected chi connectivity index (χ4v) is 3.63. The van der Waals surface area contributed by atoms with Crippen LogP contribution in [0.3, 0.4) is 0 Å². The second-order valence-corrected chi connectivity index (χ2v) is 6.66. The zero-order chi connectivity index (χ0) is 17.4. The predicted molar refractivity (Wildman–Crippen MR) is 101 cm³/mol. The molecule has 0 fully saturated rings. The number of nitrogens with one attached hydrogen (secondary N) is 1. The van der Waals surface area contributed by atoms with Crippen molar-refractivity contribution in [2.75, 3.05) is 5.32 Å². The monoisotopic (exact) mass is 348 g/mol. The Morgan fingerprint density at radius 3 is 2.76 bits per heavy atom. The third kappa shape index (κ3) is 2.92. The van der Waals surface area contributed by atoms with E-state index in [9.17, 15) is 4.79 Å². The molecule has 0 aliphatic rings. The fraction of sp³-hybridized carbons (Fsp3) is 0.105. The molecule has 4 aromatic rings. The molecule has 0 radical (unpaired) electrons. The lowest BCUT2D eigenvalue weighted by atomic mass is 10.2. The number of aromatic nitrogens is 3. The van der Waals surface area contributed by atoms with Crippen LogP contribution in [0.5, 0.6) is 0 Å². The van der Waals surface area contributed by atoms with Crippen molar-refractivity contribution in [2.45, 2.75) is 6.92 Å². The number of carbonyl (C=O) groups excluding carboxylic acids is 1. The van der Waals surface area contributed by atoms with E-state index in [2.05, 4.69) is 38.1 Å². The van der Waals surface area contributed by atoms with Crippen molar-refractivity contribution in [2.24, 2.45) is 7.05 Å². The van der Waals surface area contributed by atoms with Gasteiger partial charge in [0.15, 0.2) is 0 Å². The first kappa shape index (κ1) is 15.5. The largest absolute Gasteiger partial charge is 0.342 e. The summed E-state index contributed by atoms with van der Waals surface area (Å²) in [6, 6.07) is 15.8. The summed E-state index contributed by atoms with van der Waals surface area (Å²) in [7, 11) is 2.01. The maximum atomic E-state index is 12.4. The highest BCUT2D eigenvalue weighted by atomic mass is 32.1. The molecule has 5 nitrogen and oxygen atoms in total. The standard InChI is InChI=1S/C19H16N4OS/c1-12-6-5-9-17(20-12)22-18(24)14-11-25-19(21-14)16-10-13-7-3-4-8-15(13)23(16)2/h3-11H,1-2H3,(H,20,22,24). The maximum Gasteiger partial charge on any atom is 0.276 e. The Labute approximate surface area is 149 Å². The van der Waals surface area contributed by atoms with Crippen molar-refractivity contribution in [1.82, 2.24) is 14.5 Å². The smallest absolute Gasteiger partial charge is 0.276 e. The number of fused-ring (bicyclic) bond motifs is 1. The summed E-state index contributed by atoms with van der Waals surface area (Å²) in [6.45, 7) is 1.89. The molecule has 0 atom stereocenters. The van der Waals surface area contributed by atoms with Crippen LogP contribution in [0.25, 0.3) is 21.6 Å². The number of rotatable bonds is 3. The molecule has 3 aromatic heterocycles. The number of aryl methyl sites for hydroxylation is 2. The summed E-state index contributed by atoms with van der Waals surface area (Å²) < 4.78 is 2.10. The third-order valence-corrected chi connectivity index (χ3v) is 4.90. The van der Waals surface area contributed by atoms with Crippen molar-refractivity contribution in [3.8, 4) is 10.7 Å². The van der Waals surface area contributed by atoms with Gasteiger partial charge >= 0.3 is 0 Å². The minimum Gasteiger partial charge on any atom is -0.342 e. The Bertz CT molecular complexity index is 1080. The second-order valence-electron chi connectivity index (χ2n) is 5.80. The first-order valence-electron chi connectivity index (χ1n) is 7.87. The van der Waals surface area contributed by atoms with E-state index in [4.69, 9.17) is 0 Å². The quantitative estimate of drug-likeness (QED) is 0.602. The number of thiazole rings is 1. The normalized spacial score (nSPS) is 11.0. The van der Waals surface area contributed by atoms with E-state index in [0.717, 1.165) is 27.3 Å². The number of carbonyl (C=O) groups is 1. The average Bonchev–Trinajstić information content (AvgIpc) is 3.20. The molecule has 0 spiro atoms. The molecule has 3 heterocycles. The molecule has 0 saturated heterocycles. The Morgan fingerprint density at radius 2 is 1.96 bits per heavy atom. The van der Waals surface area contributed by atoms with E-state index in [1.807, 2.05) is 38.2 Å². The van der Waals surface area contributed by atoms with Gasteiger partial charge in [-0.05, 0) is 31.2 Å². The predicted octanol–water partition coefficient (Wildman–Crippen LogP) is 4.26. The van der Waals surface area contributed by atoms with Gasteiger partial charge in [-0.25, -0.2) is 9.97 Å². The molecule has 1 amide bonds. The minimum atomic E-state index is -0.251. The van der Waals surface area contributed by atoms with E-state index in [0.29, 0.717) is 11.5 Å². The zero-order valence-corrected chi connectivity index (χ0v) is 14.7. The van der Waals surface area contributed by atoms with Crippen LogP contribution in [0.4, 0.5) is 5.82 Å². The van der Waals surface area contributed by atoms with Crippen LogP contribution in [0.15, 0.2) is 53.9 Å². The number of benzene rings is 1. The summed E-state index contributed by atoms with van der Waals surface area (Å²) in [4.78, 5) is 21.2. The molecule has 0 aliphatic heterocycles. The number of hydrogen-bond acceptors (Lipinski definition) is 4. The van der Waals surface area contributed by atoms with Gasteiger partial charge in [0, 0.05) is 29.0 Å². The van der Waals surface area contributed by atoms with Gasteiger partial charge in [-0.2, -0.15) is 0 Å². The van der Waals surface area contributed by atoms with E-state index in [1.54, 1.807) is 11.4 Å². The number of hydrogen-bond donors (Lipinski definition) is 1. The number of amides is 1. The molecule has 1 aromatic carbocycles. The molecule has 124 valence electrons. The minimum absolute atomic E-state index is 0.251. The van der Waals surface area contributed by atoms with E-state index >= 15 is 0 Å². The van der Waals surface area contributed by atoms with E-state index < -0.39 is 0 Å². The summed E-state index contributed by atoms with van der Waals surface area (Å²) in [5.41, 5.74) is 3.39. The van der Waals surface area contributed by atoms with E-state index in [1.165, 1.54) is 11.3 Å². The van der Waals surface area contributed by atoms with Crippen molar-refractivity contribution < 1.29 is 4.79 Å². The highest BCUT2D eigenvalue weighted by Crippen LogP contribution is 2.29. The first-order valence-corrected chi connectivity index (χ1v) is 8.75. The van der Waals surface area contributed by atoms with Gasteiger partial charge in [-0.15, -0.1) is 11.3 Å². The van der Waals surface area contributed by atoms with Crippen LogP contribution in [0.2, 0.25) is 0 Å². The zero-order valence-electron chi connectivity index (χ0n) is 13.9. The molecule has 4 rings (SSSR count). The lowest BCUT2D eigenvalue weighted by molar-refractivity contribution is 0.102. The van der Waals surface area contributed by atoms with Gasteiger partial charge in [-0.1, -0.05) is 24.3 Å². The molecule has 0 aliphatic carbocycles. The number of nitrogens with zero attached hydrogens (tertiary/aromatic N) is 3. The average molecular weight is 348 g/mol. The summed E-state index contributed by atoms with van der Waals surface area (Å²) in [5.74, 6) is 0.281. The van der Waals surface area contributed by atoms with Crippen LogP contribution in [0, 0.1) is 6.92 Å². The van der Waals surface area contributed by atoms with Gasteiger partial charge in [0.25, 0.3) is 5.91 Å². The Balaban J connectivity index is 1.63. The van der Waals surface area contributed by atoms with Crippen LogP contribution < -0.4 is 5.32 Å². The topological polar surface area (TPSA) is 59.8 Å². The van der Waals surface area contributed by atoms with Crippen molar-refractivity contribution in [3.63, 3.8) is 0 Å². The summed E-state index contributed by atoms with van der Waals surface area (Å²) >= 11 is 1.46. The second kappa shape index (κ2) is 6.14. The van der Waals surface area contributed by atoms with Gasteiger partial charge in [0.05, 0.1) is 5.69 Å². The summed E-state index contributed by atoms with van der Waals surface area (Å²) in [6.07, 6.45) is 0. The van der Waals surface area contributed by atoms with E-state index in [-0.39, 0.29) is 5.91 Å². The van der Waals surface area contributed by atoms with Crippen molar-refractivity contribution in [3.05, 3.63) is 65.3 Å². The van der Waals surface area contributed by atoms with Gasteiger partial charge in [-0.3, -0.25) is 4.79 Å². The van der Waals surface area contributed by atoms with Crippen LogP contribution in [-0.2, 0) is 7.05 Å². The molecule has 1 N–H and O–H groups in total. The van der Waals surface area contributed by atoms with Crippen LogP contribution in [-0.4, -0.2) is 20.4 Å². The molecule has 25 heavy (non-hydrogen) atoms. The van der Waals surface area contributed by atoms with Crippen molar-refractivity contribution >= 4 is 34.0 Å². The Morgan fingerprint density at radius 1 is 1.12 bits per heavy atom. The lowest BCUT2D eigenvalue weighted by Gasteiger charge is -2.03. The molecule has 0 saturated carbocycles. The molecule has 0 bridgehead atoms. The molecular formula is C19H16N4OS. The highest BCUT2D eigenvalue weighted by molar-refractivity contribution is 7.13. The Kier molecular flexibility index (Phi) is 3.82. The lowest BCUT2D eigenvalue weighted by Crippen LogP contribution is -2.13. The highest BCUT2D eigenvalue weighted by Gasteiger charge is 2.15. The molecule has 0 unspecified atom stereocenters. The van der Waals surface area contributed by atoms with Crippen LogP contribution in [0.1, 0.15) is 16.2 Å².